The highest BCUT2D eigenvalue weighted by Gasteiger charge is 2.35. The van der Waals surface area contributed by atoms with Gasteiger partial charge in [-0.2, -0.15) is 0 Å². The monoisotopic (exact) mass is 307 g/mol. The van der Waals surface area contributed by atoms with Crippen molar-refractivity contribution in [1.82, 2.24) is 4.72 Å². The van der Waals surface area contributed by atoms with Crippen molar-refractivity contribution in [1.29, 1.82) is 0 Å². The molecule has 1 aliphatic carbocycles. The van der Waals surface area contributed by atoms with E-state index in [2.05, 4.69) is 4.72 Å². The molecule has 106 valence electrons. The average molecular weight is 307 g/mol. The molecule has 0 aliphatic heterocycles. The fourth-order valence-electron chi connectivity index (χ4n) is 2.24. The van der Waals surface area contributed by atoms with Crippen LogP contribution in [0.5, 0.6) is 0 Å². The van der Waals surface area contributed by atoms with Gasteiger partial charge in [-0.05, 0) is 49.3 Å². The number of benzene rings is 1. The van der Waals surface area contributed by atoms with Gasteiger partial charge in [0.05, 0.1) is 10.9 Å². The van der Waals surface area contributed by atoms with Crippen LogP contribution in [0.2, 0.25) is 0 Å². The summed E-state index contributed by atoms with van der Waals surface area (Å²) >= 11 is 1.61. The lowest BCUT2D eigenvalue weighted by Crippen LogP contribution is -2.29. The van der Waals surface area contributed by atoms with Gasteiger partial charge < -0.3 is 0 Å². The number of rotatable bonds is 5. The molecular weight excluding hydrogens is 290 g/mol. The molecule has 3 nitrogen and oxygen atoms in total. The second-order valence-corrected chi connectivity index (χ2v) is 7.96. The number of sulfonamides is 1. The average Bonchev–Trinajstić information content (AvgIpc) is 3.11. The molecule has 2 aromatic rings. The molecule has 1 heterocycles. The first-order valence-electron chi connectivity index (χ1n) is 6.69. The summed E-state index contributed by atoms with van der Waals surface area (Å²) in [6.45, 7) is 1.95. The molecule has 20 heavy (non-hydrogen) atoms. The van der Waals surface area contributed by atoms with Crippen molar-refractivity contribution in [2.45, 2.75) is 30.7 Å². The van der Waals surface area contributed by atoms with E-state index >= 15 is 0 Å². The zero-order valence-electron chi connectivity index (χ0n) is 11.2. The normalized spacial score (nSPS) is 17.1. The van der Waals surface area contributed by atoms with E-state index in [1.807, 2.05) is 36.6 Å². The molecule has 1 aromatic heterocycles. The minimum absolute atomic E-state index is 0.0821. The Labute approximate surface area is 123 Å². The lowest BCUT2D eigenvalue weighted by molar-refractivity contribution is 0.533. The van der Waals surface area contributed by atoms with Gasteiger partial charge in [0.1, 0.15) is 0 Å². The number of hydrogen-bond acceptors (Lipinski definition) is 3. The molecule has 3 rings (SSSR count). The summed E-state index contributed by atoms with van der Waals surface area (Å²) in [5.74, 6) is 0.439. The fraction of sp³-hybridized carbons (Fsp3) is 0.333. The van der Waals surface area contributed by atoms with Gasteiger partial charge in [0, 0.05) is 4.88 Å². The minimum atomic E-state index is -3.45. The Bertz CT molecular complexity index is 671. The number of thiophene rings is 1. The molecule has 1 N–H and O–H groups in total. The highest BCUT2D eigenvalue weighted by molar-refractivity contribution is 7.89. The molecule has 5 heteroatoms. The van der Waals surface area contributed by atoms with E-state index in [0.29, 0.717) is 10.8 Å². The van der Waals surface area contributed by atoms with Gasteiger partial charge in [-0.15, -0.1) is 11.3 Å². The topological polar surface area (TPSA) is 46.2 Å². The van der Waals surface area contributed by atoms with Gasteiger partial charge in [-0.1, -0.05) is 23.8 Å². The van der Waals surface area contributed by atoms with E-state index in [1.165, 1.54) is 0 Å². The van der Waals surface area contributed by atoms with E-state index < -0.39 is 10.0 Å². The lowest BCUT2D eigenvalue weighted by atomic mass is 10.2. The quantitative estimate of drug-likeness (QED) is 0.919. The molecule has 0 radical (unpaired) electrons. The Hall–Kier alpha value is -1.17. The van der Waals surface area contributed by atoms with Crippen LogP contribution < -0.4 is 4.72 Å². The molecule has 0 saturated heterocycles. The van der Waals surface area contributed by atoms with Crippen LogP contribution in [0, 0.1) is 12.8 Å². The van der Waals surface area contributed by atoms with Crippen LogP contribution >= 0.6 is 11.3 Å². The molecule has 0 bridgehead atoms. The van der Waals surface area contributed by atoms with Crippen LogP contribution in [-0.4, -0.2) is 8.42 Å². The van der Waals surface area contributed by atoms with Gasteiger partial charge in [0.25, 0.3) is 0 Å². The summed E-state index contributed by atoms with van der Waals surface area (Å²) < 4.78 is 27.8. The molecular formula is C15H17NO2S2. The van der Waals surface area contributed by atoms with Crippen LogP contribution in [0.3, 0.4) is 0 Å². The molecule has 1 saturated carbocycles. The maximum atomic E-state index is 12.5. The van der Waals surface area contributed by atoms with Crippen molar-refractivity contribution in [3.63, 3.8) is 0 Å². The van der Waals surface area contributed by atoms with Crippen molar-refractivity contribution < 1.29 is 8.42 Å². The van der Waals surface area contributed by atoms with Crippen LogP contribution in [0.25, 0.3) is 0 Å². The number of hydrogen-bond donors (Lipinski definition) is 1. The van der Waals surface area contributed by atoms with E-state index in [4.69, 9.17) is 0 Å². The Balaban J connectivity index is 1.86. The molecule has 1 aromatic carbocycles. The van der Waals surface area contributed by atoms with Gasteiger partial charge in [-0.3, -0.25) is 0 Å². The van der Waals surface area contributed by atoms with Gasteiger partial charge in [0.15, 0.2) is 0 Å². The third-order valence-electron chi connectivity index (χ3n) is 3.56. The van der Waals surface area contributed by atoms with Crippen LogP contribution in [0.4, 0.5) is 0 Å². The Morgan fingerprint density at radius 3 is 2.45 bits per heavy atom. The first kappa shape index (κ1) is 13.8. The van der Waals surface area contributed by atoms with Crippen LogP contribution in [-0.2, 0) is 10.0 Å². The van der Waals surface area contributed by atoms with Crippen molar-refractivity contribution in [2.24, 2.45) is 5.92 Å². The van der Waals surface area contributed by atoms with Crippen molar-refractivity contribution >= 4 is 21.4 Å². The van der Waals surface area contributed by atoms with E-state index in [1.54, 1.807) is 23.5 Å². The van der Waals surface area contributed by atoms with E-state index in [0.717, 1.165) is 23.3 Å². The maximum Gasteiger partial charge on any atom is 0.241 e. The van der Waals surface area contributed by atoms with Gasteiger partial charge in [0.2, 0.25) is 10.0 Å². The fourth-order valence-corrected chi connectivity index (χ4v) is 4.47. The van der Waals surface area contributed by atoms with E-state index in [-0.39, 0.29) is 6.04 Å². The number of aryl methyl sites for hydroxylation is 1. The highest BCUT2D eigenvalue weighted by atomic mass is 32.2. The maximum absolute atomic E-state index is 12.5. The largest absolute Gasteiger partial charge is 0.241 e. The van der Waals surface area contributed by atoms with E-state index in [9.17, 15) is 8.42 Å². The molecule has 0 unspecified atom stereocenters. The zero-order valence-corrected chi connectivity index (χ0v) is 12.9. The summed E-state index contributed by atoms with van der Waals surface area (Å²) in [5, 5.41) is 1.99. The molecule has 1 fully saturated rings. The van der Waals surface area contributed by atoms with Gasteiger partial charge in [-0.25, -0.2) is 13.1 Å². The molecule has 0 amide bonds. The first-order valence-corrected chi connectivity index (χ1v) is 9.05. The second-order valence-electron chi connectivity index (χ2n) is 5.26. The molecule has 1 aliphatic rings. The van der Waals surface area contributed by atoms with Crippen LogP contribution in [0.1, 0.15) is 29.3 Å². The summed E-state index contributed by atoms with van der Waals surface area (Å²) in [5.41, 5.74) is 1.06. The third-order valence-corrected chi connectivity index (χ3v) is 5.97. The van der Waals surface area contributed by atoms with Gasteiger partial charge >= 0.3 is 0 Å². The molecule has 0 spiro atoms. The second kappa shape index (κ2) is 5.31. The minimum Gasteiger partial charge on any atom is -0.207 e. The Morgan fingerprint density at radius 2 is 1.90 bits per heavy atom. The summed E-state index contributed by atoms with van der Waals surface area (Å²) in [4.78, 5) is 1.44. The first-order chi connectivity index (χ1) is 9.56. The highest BCUT2D eigenvalue weighted by Crippen LogP contribution is 2.43. The standard InChI is InChI=1S/C15H17NO2S2/c1-11-4-8-13(9-5-11)20(17,18)16-15(12-6-7-12)14-3-2-10-19-14/h2-5,8-10,12,15-16H,6-7H2,1H3/t15-/m0/s1. The van der Waals surface area contributed by atoms with Crippen molar-refractivity contribution in [3.05, 3.63) is 52.2 Å². The summed E-state index contributed by atoms with van der Waals surface area (Å²) in [7, 11) is -3.45. The predicted octanol–water partition coefficient (Wildman–Crippen LogP) is 3.49. The van der Waals surface area contributed by atoms with Crippen molar-refractivity contribution in [3.8, 4) is 0 Å². The number of nitrogens with one attached hydrogen (secondary N) is 1. The predicted molar refractivity (Wildman–Crippen MR) is 81.3 cm³/mol. The smallest absolute Gasteiger partial charge is 0.207 e. The summed E-state index contributed by atoms with van der Waals surface area (Å²) in [6.07, 6.45) is 2.19. The van der Waals surface area contributed by atoms with Crippen LogP contribution in [0.15, 0.2) is 46.7 Å². The Kier molecular flexibility index (Phi) is 3.67. The SMILES string of the molecule is Cc1ccc(S(=O)(=O)N[C@H](c2cccs2)C2CC2)cc1. The lowest BCUT2D eigenvalue weighted by Gasteiger charge is -2.17. The zero-order chi connectivity index (χ0) is 14.2. The molecule has 1 atom stereocenters. The van der Waals surface area contributed by atoms with Crippen molar-refractivity contribution in [2.75, 3.05) is 0 Å². The third kappa shape index (κ3) is 2.95. The Morgan fingerprint density at radius 1 is 1.20 bits per heavy atom. The summed E-state index contributed by atoms with van der Waals surface area (Å²) in [6, 6.07) is 10.9.